The maximum Gasteiger partial charge on any atom is 0.417 e. The summed E-state index contributed by atoms with van der Waals surface area (Å²) in [6.45, 7) is -2.14. The SMILES string of the molecule is NCCCCCN(c1cccc(-c2ccc(OC(F)F)cc2)c1)C(=O)[C@H]1C[C@](O)(C(F)(F)F)C1. The molecule has 3 rings (SSSR count). The van der Waals surface area contributed by atoms with Crippen LogP contribution in [0.5, 0.6) is 5.75 Å². The summed E-state index contributed by atoms with van der Waals surface area (Å²) in [4.78, 5) is 14.6. The van der Waals surface area contributed by atoms with Gasteiger partial charge in [0.05, 0.1) is 0 Å². The van der Waals surface area contributed by atoms with Crippen molar-refractivity contribution in [3.05, 3.63) is 48.5 Å². The monoisotopic (exact) mass is 486 g/mol. The number of carbonyl (C=O) groups excluding carboxylic acids is 1. The lowest BCUT2D eigenvalue weighted by molar-refractivity contribution is -0.295. The first-order valence-corrected chi connectivity index (χ1v) is 11.0. The Balaban J connectivity index is 1.80. The summed E-state index contributed by atoms with van der Waals surface area (Å²) in [6, 6.07) is 12.9. The van der Waals surface area contributed by atoms with Crippen molar-refractivity contribution in [2.24, 2.45) is 11.7 Å². The van der Waals surface area contributed by atoms with Crippen LogP contribution in [0.25, 0.3) is 11.1 Å². The third kappa shape index (κ3) is 6.04. The summed E-state index contributed by atoms with van der Waals surface area (Å²) >= 11 is 0. The van der Waals surface area contributed by atoms with Gasteiger partial charge in [-0.3, -0.25) is 4.79 Å². The third-order valence-corrected chi connectivity index (χ3v) is 5.97. The van der Waals surface area contributed by atoms with Crippen molar-refractivity contribution in [3.63, 3.8) is 0 Å². The highest BCUT2D eigenvalue weighted by molar-refractivity contribution is 5.96. The molecule has 0 bridgehead atoms. The van der Waals surface area contributed by atoms with Crippen molar-refractivity contribution in [3.8, 4) is 16.9 Å². The number of halogens is 5. The van der Waals surface area contributed by atoms with Gasteiger partial charge in [0.15, 0.2) is 5.60 Å². The molecule has 10 heteroatoms. The van der Waals surface area contributed by atoms with Crippen molar-refractivity contribution >= 4 is 11.6 Å². The largest absolute Gasteiger partial charge is 0.435 e. The molecule has 186 valence electrons. The van der Waals surface area contributed by atoms with E-state index in [1.165, 1.54) is 17.0 Å². The second-order valence-corrected chi connectivity index (χ2v) is 8.43. The number of aliphatic hydroxyl groups is 1. The molecule has 1 amide bonds. The minimum Gasteiger partial charge on any atom is -0.435 e. The fourth-order valence-corrected chi connectivity index (χ4v) is 4.02. The number of rotatable bonds is 10. The van der Waals surface area contributed by atoms with Gasteiger partial charge >= 0.3 is 12.8 Å². The van der Waals surface area contributed by atoms with E-state index in [-0.39, 0.29) is 5.75 Å². The molecule has 0 saturated heterocycles. The average Bonchev–Trinajstić information content (AvgIpc) is 2.76. The number of nitrogens with two attached hydrogens (primary N) is 1. The number of benzene rings is 2. The molecule has 0 atom stereocenters. The lowest BCUT2D eigenvalue weighted by atomic mass is 9.69. The summed E-state index contributed by atoms with van der Waals surface area (Å²) in [6.07, 6.45) is -3.99. The molecule has 2 aromatic carbocycles. The maximum absolute atomic E-state index is 13.1. The Morgan fingerprint density at radius 3 is 2.35 bits per heavy atom. The smallest absolute Gasteiger partial charge is 0.417 e. The lowest BCUT2D eigenvalue weighted by Crippen LogP contribution is -2.59. The van der Waals surface area contributed by atoms with Crippen LogP contribution in [0.15, 0.2) is 48.5 Å². The van der Waals surface area contributed by atoms with Crippen LogP contribution < -0.4 is 15.4 Å². The van der Waals surface area contributed by atoms with Crippen molar-refractivity contribution in [1.29, 1.82) is 0 Å². The van der Waals surface area contributed by atoms with Crippen molar-refractivity contribution in [1.82, 2.24) is 0 Å². The van der Waals surface area contributed by atoms with E-state index in [4.69, 9.17) is 5.73 Å². The normalized spacial score (nSPS) is 20.2. The van der Waals surface area contributed by atoms with Crippen LogP contribution in [-0.2, 0) is 4.79 Å². The van der Waals surface area contributed by atoms with Gasteiger partial charge in [0.1, 0.15) is 5.75 Å². The molecule has 3 N–H and O–H groups in total. The predicted octanol–water partition coefficient (Wildman–Crippen LogP) is 5.12. The highest BCUT2D eigenvalue weighted by Gasteiger charge is 2.63. The summed E-state index contributed by atoms with van der Waals surface area (Å²) < 4.78 is 68.2. The first-order chi connectivity index (χ1) is 16.0. The molecule has 1 fully saturated rings. The van der Waals surface area contributed by atoms with Gasteiger partial charge in [0.2, 0.25) is 5.91 Å². The molecule has 1 aliphatic rings. The number of anilines is 1. The van der Waals surface area contributed by atoms with Crippen molar-refractivity contribution in [2.75, 3.05) is 18.0 Å². The van der Waals surface area contributed by atoms with Crippen LogP contribution >= 0.6 is 0 Å². The second kappa shape index (κ2) is 10.7. The van der Waals surface area contributed by atoms with E-state index in [0.29, 0.717) is 36.3 Å². The molecule has 0 spiro atoms. The Labute approximate surface area is 194 Å². The first-order valence-electron chi connectivity index (χ1n) is 11.0. The number of hydrogen-bond acceptors (Lipinski definition) is 4. The Hall–Kier alpha value is -2.72. The van der Waals surface area contributed by atoms with Crippen molar-refractivity contribution in [2.45, 2.75) is 50.5 Å². The van der Waals surface area contributed by atoms with Crippen LogP contribution in [0, 0.1) is 5.92 Å². The first kappa shape index (κ1) is 25.9. The van der Waals surface area contributed by atoms with Gasteiger partial charge in [-0.15, -0.1) is 0 Å². The molecule has 1 saturated carbocycles. The molecule has 34 heavy (non-hydrogen) atoms. The van der Waals surface area contributed by atoms with Crippen LogP contribution in [0.1, 0.15) is 32.1 Å². The van der Waals surface area contributed by atoms with Crippen LogP contribution in [0.2, 0.25) is 0 Å². The fraction of sp³-hybridized carbons (Fsp3) is 0.458. The van der Waals surface area contributed by atoms with E-state index < -0.39 is 43.1 Å². The molecule has 0 unspecified atom stereocenters. The summed E-state index contributed by atoms with van der Waals surface area (Å²) in [5.74, 6) is -1.40. The number of unbranched alkanes of at least 4 members (excludes halogenated alkanes) is 2. The van der Waals surface area contributed by atoms with Gasteiger partial charge in [-0.25, -0.2) is 0 Å². The van der Waals surface area contributed by atoms with E-state index in [1.54, 1.807) is 36.4 Å². The number of carbonyl (C=O) groups is 1. The Morgan fingerprint density at radius 2 is 1.76 bits per heavy atom. The third-order valence-electron chi connectivity index (χ3n) is 5.97. The molecule has 0 aliphatic heterocycles. The zero-order valence-corrected chi connectivity index (χ0v) is 18.4. The van der Waals surface area contributed by atoms with Gasteiger partial charge in [0.25, 0.3) is 0 Å². The molecular formula is C24H27F5N2O3. The number of nitrogens with zero attached hydrogens (tertiary/aromatic N) is 1. The molecule has 0 aromatic heterocycles. The van der Waals surface area contributed by atoms with E-state index >= 15 is 0 Å². The van der Waals surface area contributed by atoms with E-state index in [9.17, 15) is 31.9 Å². The molecular weight excluding hydrogens is 459 g/mol. The quantitative estimate of drug-likeness (QED) is 0.361. The Kier molecular flexibility index (Phi) is 8.14. The highest BCUT2D eigenvalue weighted by atomic mass is 19.4. The number of amides is 1. The molecule has 1 aliphatic carbocycles. The minimum atomic E-state index is -4.78. The lowest BCUT2D eigenvalue weighted by Gasteiger charge is -2.45. The molecule has 0 heterocycles. The number of ether oxygens (including phenoxy) is 1. The van der Waals surface area contributed by atoms with Gasteiger partial charge in [-0.2, -0.15) is 22.0 Å². The zero-order valence-electron chi connectivity index (χ0n) is 18.4. The molecule has 5 nitrogen and oxygen atoms in total. The minimum absolute atomic E-state index is 0.00810. The van der Waals surface area contributed by atoms with Gasteiger partial charge < -0.3 is 20.5 Å². The van der Waals surface area contributed by atoms with Crippen LogP contribution in [0.4, 0.5) is 27.6 Å². The Morgan fingerprint density at radius 1 is 1.09 bits per heavy atom. The van der Waals surface area contributed by atoms with E-state index in [1.807, 2.05) is 0 Å². The standard InChI is InChI=1S/C24H27F5N2O3/c25-22(26)34-20-9-7-16(8-10-20)17-5-4-6-19(13-17)31(12-3-1-2-11-30)21(32)18-14-23(33,15-18)24(27,28)29/h4-10,13,18,22,33H,1-3,11-12,14-15,30H2/t18-,23+. The average molecular weight is 486 g/mol. The second-order valence-electron chi connectivity index (χ2n) is 8.43. The van der Waals surface area contributed by atoms with Crippen LogP contribution in [-0.4, -0.2) is 42.5 Å². The van der Waals surface area contributed by atoms with Gasteiger partial charge in [-0.05, 0) is 67.6 Å². The van der Waals surface area contributed by atoms with Gasteiger partial charge in [-0.1, -0.05) is 30.7 Å². The maximum atomic E-state index is 13.1. The van der Waals surface area contributed by atoms with Gasteiger partial charge in [0, 0.05) is 18.2 Å². The number of alkyl halides is 5. The molecule has 2 aromatic rings. The Bertz CT molecular complexity index is 960. The van der Waals surface area contributed by atoms with E-state index in [0.717, 1.165) is 12.8 Å². The van der Waals surface area contributed by atoms with Crippen LogP contribution in [0.3, 0.4) is 0 Å². The van der Waals surface area contributed by atoms with E-state index in [2.05, 4.69) is 4.74 Å². The highest BCUT2D eigenvalue weighted by Crippen LogP contribution is 2.49. The molecule has 0 radical (unpaired) electrons. The zero-order chi connectivity index (χ0) is 24.9. The topological polar surface area (TPSA) is 75.8 Å². The summed E-state index contributed by atoms with van der Waals surface area (Å²) in [5.41, 5.74) is 4.58. The summed E-state index contributed by atoms with van der Waals surface area (Å²) in [7, 11) is 0. The fourth-order valence-electron chi connectivity index (χ4n) is 4.02. The van der Waals surface area contributed by atoms with Crippen molar-refractivity contribution < 1.29 is 36.6 Å². The summed E-state index contributed by atoms with van der Waals surface area (Å²) in [5, 5.41) is 9.77. The number of hydrogen-bond donors (Lipinski definition) is 2. The predicted molar refractivity (Wildman–Crippen MR) is 117 cm³/mol.